The highest BCUT2D eigenvalue weighted by Gasteiger charge is 2.39. The van der Waals surface area contributed by atoms with Gasteiger partial charge in [0.15, 0.2) is 0 Å². The summed E-state index contributed by atoms with van der Waals surface area (Å²) in [7, 11) is 2.03. The van der Waals surface area contributed by atoms with Gasteiger partial charge in [0.25, 0.3) is 0 Å². The molecule has 1 aliphatic heterocycles. The summed E-state index contributed by atoms with van der Waals surface area (Å²) in [6.07, 6.45) is -0.248. The number of benzene rings is 2. The van der Waals surface area contributed by atoms with Crippen LogP contribution in [0.2, 0.25) is 0 Å². The van der Waals surface area contributed by atoms with Crippen LogP contribution in [0.4, 0.5) is 0 Å². The van der Waals surface area contributed by atoms with Gasteiger partial charge in [0, 0.05) is 16.1 Å². The van der Waals surface area contributed by atoms with E-state index in [9.17, 15) is 5.11 Å². The minimum Gasteiger partial charge on any atom is -0.508 e. The van der Waals surface area contributed by atoms with Crippen LogP contribution < -0.4 is 0 Å². The standard InChI is InChI=1S/C17H18BrNO2/c1-11-16(12-6-4-3-5-7-12)21-17(19(11)2)14-10-13(18)8-9-15(14)20/h3-11,16-17,20H,1-2H3/t11-,16?,17-/m0/s1. The molecular weight excluding hydrogens is 330 g/mol. The van der Waals surface area contributed by atoms with E-state index >= 15 is 0 Å². The maximum absolute atomic E-state index is 10.1. The molecule has 4 heteroatoms. The molecule has 0 bridgehead atoms. The molecule has 1 aliphatic rings. The second kappa shape index (κ2) is 5.79. The lowest BCUT2D eigenvalue weighted by Crippen LogP contribution is -2.27. The number of hydrogen-bond acceptors (Lipinski definition) is 3. The molecular formula is C17H18BrNO2. The lowest BCUT2D eigenvalue weighted by molar-refractivity contribution is 0.00414. The fourth-order valence-electron chi connectivity index (χ4n) is 2.79. The van der Waals surface area contributed by atoms with Crippen molar-refractivity contribution in [3.63, 3.8) is 0 Å². The van der Waals surface area contributed by atoms with Crippen LogP contribution in [0.1, 0.15) is 30.4 Å². The molecule has 1 N–H and O–H groups in total. The van der Waals surface area contributed by atoms with E-state index in [1.54, 1.807) is 6.07 Å². The van der Waals surface area contributed by atoms with Gasteiger partial charge in [-0.2, -0.15) is 0 Å². The zero-order valence-electron chi connectivity index (χ0n) is 12.0. The number of rotatable bonds is 2. The van der Waals surface area contributed by atoms with Crippen molar-refractivity contribution in [3.8, 4) is 5.75 Å². The molecule has 0 aromatic heterocycles. The van der Waals surface area contributed by atoms with Gasteiger partial charge in [-0.15, -0.1) is 0 Å². The number of phenols is 1. The first-order valence-corrected chi connectivity index (χ1v) is 7.78. The summed E-state index contributed by atoms with van der Waals surface area (Å²) in [5.41, 5.74) is 1.95. The molecule has 1 heterocycles. The predicted octanol–water partition coefficient (Wildman–Crippen LogP) is 4.25. The van der Waals surface area contributed by atoms with Crippen molar-refractivity contribution >= 4 is 15.9 Å². The van der Waals surface area contributed by atoms with Crippen molar-refractivity contribution in [2.24, 2.45) is 0 Å². The van der Waals surface area contributed by atoms with Crippen LogP contribution in [0.15, 0.2) is 53.0 Å². The Hall–Kier alpha value is -1.36. The summed E-state index contributed by atoms with van der Waals surface area (Å²) >= 11 is 3.45. The largest absolute Gasteiger partial charge is 0.508 e. The molecule has 0 aliphatic carbocycles. The number of hydrogen-bond donors (Lipinski definition) is 1. The van der Waals surface area contributed by atoms with Crippen molar-refractivity contribution in [2.45, 2.75) is 25.3 Å². The number of phenolic OH excluding ortho intramolecular Hbond substituents is 1. The Morgan fingerprint density at radius 2 is 1.86 bits per heavy atom. The zero-order valence-corrected chi connectivity index (χ0v) is 13.6. The van der Waals surface area contributed by atoms with Gasteiger partial charge >= 0.3 is 0 Å². The molecule has 1 saturated heterocycles. The van der Waals surface area contributed by atoms with Gasteiger partial charge in [-0.25, -0.2) is 0 Å². The second-order valence-corrected chi connectivity index (χ2v) is 6.34. The van der Waals surface area contributed by atoms with E-state index in [0.29, 0.717) is 0 Å². The molecule has 3 rings (SSSR count). The number of likely N-dealkylation sites (N-methyl/N-ethyl adjacent to an activating group) is 1. The molecule has 1 unspecified atom stereocenters. The van der Waals surface area contributed by atoms with Gasteiger partial charge in [-0.1, -0.05) is 46.3 Å². The smallest absolute Gasteiger partial charge is 0.141 e. The number of nitrogens with zero attached hydrogens (tertiary/aromatic N) is 1. The predicted molar refractivity (Wildman–Crippen MR) is 86.0 cm³/mol. The van der Waals surface area contributed by atoms with E-state index in [1.165, 1.54) is 0 Å². The number of aromatic hydroxyl groups is 1. The Morgan fingerprint density at radius 3 is 2.57 bits per heavy atom. The molecule has 0 amide bonds. The lowest BCUT2D eigenvalue weighted by atomic mass is 10.0. The first-order valence-electron chi connectivity index (χ1n) is 6.98. The van der Waals surface area contributed by atoms with Crippen LogP contribution in [0.5, 0.6) is 5.75 Å². The van der Waals surface area contributed by atoms with E-state index in [1.807, 2.05) is 37.4 Å². The third-order valence-corrected chi connectivity index (χ3v) is 4.60. The van der Waals surface area contributed by atoms with Gasteiger partial charge in [-0.05, 0) is 37.7 Å². The van der Waals surface area contributed by atoms with Crippen LogP contribution in [0.25, 0.3) is 0 Å². The monoisotopic (exact) mass is 347 g/mol. The topological polar surface area (TPSA) is 32.7 Å². The second-order valence-electron chi connectivity index (χ2n) is 5.43. The van der Waals surface area contributed by atoms with E-state index in [2.05, 4.69) is 39.9 Å². The SMILES string of the molecule is C[C@H]1C(c2ccccc2)O[C@@H](c2cc(Br)ccc2O)N1C. The quantitative estimate of drug-likeness (QED) is 0.881. The maximum atomic E-state index is 10.1. The molecule has 2 aromatic rings. The highest BCUT2D eigenvalue weighted by Crippen LogP contribution is 2.43. The number of ether oxygens (including phenoxy) is 1. The first kappa shape index (κ1) is 14.6. The third-order valence-electron chi connectivity index (χ3n) is 4.11. The summed E-state index contributed by atoms with van der Waals surface area (Å²) in [5.74, 6) is 0.260. The third kappa shape index (κ3) is 2.71. The Labute approximate surface area is 133 Å². The summed E-state index contributed by atoms with van der Waals surface area (Å²) in [6.45, 7) is 2.15. The highest BCUT2D eigenvalue weighted by molar-refractivity contribution is 9.10. The minimum atomic E-state index is -0.247. The van der Waals surface area contributed by atoms with E-state index < -0.39 is 0 Å². The normalized spacial score (nSPS) is 26.1. The molecule has 3 nitrogen and oxygen atoms in total. The van der Waals surface area contributed by atoms with Crippen LogP contribution in [-0.2, 0) is 4.74 Å². The van der Waals surface area contributed by atoms with E-state index in [-0.39, 0.29) is 24.1 Å². The summed E-state index contributed by atoms with van der Waals surface area (Å²) in [5, 5.41) is 10.1. The Morgan fingerprint density at radius 1 is 1.14 bits per heavy atom. The Kier molecular flexibility index (Phi) is 4.02. The zero-order chi connectivity index (χ0) is 15.0. The molecule has 0 spiro atoms. The van der Waals surface area contributed by atoms with Gasteiger partial charge in [-0.3, -0.25) is 4.90 Å². The fourth-order valence-corrected chi connectivity index (χ4v) is 3.17. The van der Waals surface area contributed by atoms with Gasteiger partial charge in [0.2, 0.25) is 0 Å². The summed E-state index contributed by atoms with van der Waals surface area (Å²) in [6, 6.07) is 15.9. The summed E-state index contributed by atoms with van der Waals surface area (Å²) in [4.78, 5) is 2.15. The molecule has 1 fully saturated rings. The fraction of sp³-hybridized carbons (Fsp3) is 0.294. The average Bonchev–Trinajstić information content (AvgIpc) is 2.79. The minimum absolute atomic E-state index is 0.000387. The summed E-state index contributed by atoms with van der Waals surface area (Å²) < 4.78 is 7.17. The van der Waals surface area contributed by atoms with Crippen molar-refractivity contribution in [1.29, 1.82) is 0 Å². The van der Waals surface area contributed by atoms with Crippen molar-refractivity contribution in [1.82, 2.24) is 4.90 Å². The Bertz CT molecular complexity index is 632. The van der Waals surface area contributed by atoms with Gasteiger partial charge in [0.1, 0.15) is 18.1 Å². The van der Waals surface area contributed by atoms with Crippen molar-refractivity contribution < 1.29 is 9.84 Å². The highest BCUT2D eigenvalue weighted by atomic mass is 79.9. The molecule has 3 atom stereocenters. The first-order chi connectivity index (χ1) is 10.1. The lowest BCUT2D eigenvalue weighted by Gasteiger charge is -2.22. The number of halogens is 1. The maximum Gasteiger partial charge on any atom is 0.141 e. The molecule has 110 valence electrons. The molecule has 21 heavy (non-hydrogen) atoms. The van der Waals surface area contributed by atoms with Gasteiger partial charge in [0.05, 0.1) is 0 Å². The van der Waals surface area contributed by atoms with Crippen molar-refractivity contribution in [2.75, 3.05) is 7.05 Å². The average molecular weight is 348 g/mol. The van der Waals surface area contributed by atoms with Crippen LogP contribution in [-0.4, -0.2) is 23.1 Å². The van der Waals surface area contributed by atoms with Gasteiger partial charge < -0.3 is 9.84 Å². The Balaban J connectivity index is 1.94. The van der Waals surface area contributed by atoms with Crippen LogP contribution in [0.3, 0.4) is 0 Å². The molecule has 2 aromatic carbocycles. The molecule has 0 radical (unpaired) electrons. The van der Waals surface area contributed by atoms with E-state index in [4.69, 9.17) is 4.74 Å². The van der Waals surface area contributed by atoms with Crippen LogP contribution >= 0.6 is 15.9 Å². The molecule has 0 saturated carbocycles. The van der Waals surface area contributed by atoms with Crippen molar-refractivity contribution in [3.05, 3.63) is 64.1 Å². The van der Waals surface area contributed by atoms with E-state index in [0.717, 1.165) is 15.6 Å². The van der Waals surface area contributed by atoms with Crippen LogP contribution in [0, 0.1) is 0 Å².